The molecule has 0 amide bonds. The van der Waals surface area contributed by atoms with Crippen molar-refractivity contribution in [3.05, 3.63) is 77.9 Å². The van der Waals surface area contributed by atoms with Crippen LogP contribution in [0.4, 0.5) is 0 Å². The number of rotatable bonds is 21. The molecule has 3 aliphatic carbocycles. The maximum Gasteiger partial charge on any atom is 0.192 e. The number of ether oxygens (including phenoxy) is 9. The maximum absolute atomic E-state index is 7.53. The first-order chi connectivity index (χ1) is 33.9. The summed E-state index contributed by atoms with van der Waals surface area (Å²) in [5.41, 5.74) is 2.34. The molecule has 3 aliphatic heterocycles. The molecule has 10 atom stereocenters. The van der Waals surface area contributed by atoms with Gasteiger partial charge in [0, 0.05) is 82.1 Å². The summed E-state index contributed by atoms with van der Waals surface area (Å²) in [6, 6.07) is 18.6. The minimum Gasteiger partial charge on any atom is -0.497 e. The first-order valence-electron chi connectivity index (χ1n) is 28.2. The predicted octanol–water partition coefficient (Wildman–Crippen LogP) is 14.2. The SMILES string of the molecule is COc1ccc(CO[C@@H](C(C)C)[C@@H](C)/C=C/[C@H]2C[C@@H](C[C@H](C[C@H]3C[C@H](C[C@@H]4C[C@H]([C@@H](C)COCc5ccccc5)OC5(CCCC5)O4)OC4(CCCC4)O3)O[Si](C)(C)C(C)(C)C)OC3(CCCC3)O2)cc1. The largest absolute Gasteiger partial charge is 0.497 e. The van der Waals surface area contributed by atoms with Crippen molar-refractivity contribution >= 4 is 8.32 Å². The van der Waals surface area contributed by atoms with Crippen LogP contribution in [-0.4, -0.2) is 88.2 Å². The first-order valence-corrected chi connectivity index (χ1v) is 31.1. The monoisotopic (exact) mass is 1000 g/mol. The van der Waals surface area contributed by atoms with E-state index in [9.17, 15) is 0 Å². The fourth-order valence-electron chi connectivity index (χ4n) is 12.4. The quantitative estimate of drug-likeness (QED) is 0.0889. The number of benzene rings is 2. The summed E-state index contributed by atoms with van der Waals surface area (Å²) in [4.78, 5) is 0. The summed E-state index contributed by atoms with van der Waals surface area (Å²) in [6.45, 7) is 22.8. The lowest BCUT2D eigenvalue weighted by Gasteiger charge is -2.48. The van der Waals surface area contributed by atoms with Crippen LogP contribution in [0, 0.1) is 17.8 Å². The van der Waals surface area contributed by atoms with Crippen LogP contribution in [0.2, 0.25) is 18.1 Å². The van der Waals surface area contributed by atoms with E-state index in [2.05, 4.69) is 116 Å². The highest BCUT2D eigenvalue weighted by Gasteiger charge is 2.51. The third-order valence-electron chi connectivity index (χ3n) is 17.2. The van der Waals surface area contributed by atoms with Crippen molar-refractivity contribution in [3.63, 3.8) is 0 Å². The molecule has 11 heteroatoms. The van der Waals surface area contributed by atoms with Crippen LogP contribution >= 0.6 is 0 Å². The topological polar surface area (TPSA) is 92.3 Å². The number of hydrogen-bond donors (Lipinski definition) is 0. The van der Waals surface area contributed by atoms with E-state index in [4.69, 9.17) is 47.1 Å². The average Bonchev–Trinajstić information content (AvgIpc) is 4.10. The molecule has 2 aromatic carbocycles. The lowest BCUT2D eigenvalue weighted by atomic mass is 9.90. The molecule has 6 fully saturated rings. The molecule has 3 spiro atoms. The molecule has 3 heterocycles. The van der Waals surface area contributed by atoms with Crippen LogP contribution in [0.3, 0.4) is 0 Å². The van der Waals surface area contributed by atoms with E-state index >= 15 is 0 Å². The average molecular weight is 1000 g/mol. The Balaban J connectivity index is 0.959. The van der Waals surface area contributed by atoms with E-state index in [1.165, 1.54) is 5.56 Å². The zero-order chi connectivity index (χ0) is 50.3. The summed E-state index contributed by atoms with van der Waals surface area (Å²) < 4.78 is 68.3. The Labute approximate surface area is 430 Å². The van der Waals surface area contributed by atoms with Crippen LogP contribution in [0.25, 0.3) is 0 Å². The number of methoxy groups -OCH3 is 1. The van der Waals surface area contributed by atoms with E-state index in [0.29, 0.717) is 25.7 Å². The zero-order valence-corrected chi connectivity index (χ0v) is 46.6. The van der Waals surface area contributed by atoms with Crippen molar-refractivity contribution in [2.45, 2.75) is 262 Å². The fourth-order valence-corrected chi connectivity index (χ4v) is 13.8. The van der Waals surface area contributed by atoms with Gasteiger partial charge in [-0.05, 0) is 98.7 Å². The Morgan fingerprint density at radius 1 is 0.648 bits per heavy atom. The summed E-state index contributed by atoms with van der Waals surface area (Å²) >= 11 is 0. The number of hydrogen-bond acceptors (Lipinski definition) is 10. The van der Waals surface area contributed by atoms with E-state index in [1.807, 2.05) is 12.1 Å². The predicted molar refractivity (Wildman–Crippen MR) is 283 cm³/mol. The first kappa shape index (κ1) is 55.1. The minimum absolute atomic E-state index is 0.00120. The highest BCUT2D eigenvalue weighted by Crippen LogP contribution is 2.48. The second-order valence-electron chi connectivity index (χ2n) is 24.6. The summed E-state index contributed by atoms with van der Waals surface area (Å²) in [6.07, 6.45) is 22.2. The van der Waals surface area contributed by atoms with Gasteiger partial charge in [0.1, 0.15) is 5.75 Å². The van der Waals surface area contributed by atoms with Gasteiger partial charge in [-0.25, -0.2) is 0 Å². The standard InChI is InChI=1S/C60H94O10Si/c1-43(2)56(63-42-47-23-26-48(61-8)27-24-47)44(3)22-25-49-34-50(65-58(64-49)28-14-15-29-58)37-54(70-71(9,10)57(5,6)7)38-52-35-51(66-59(67-52)30-16-17-31-59)36-53-39-55(69-60(68-53)32-18-19-33-60)45(4)40-62-41-46-20-12-11-13-21-46/h11-13,20-27,43-45,49-56H,14-19,28-42H2,1-10H3/b25-22+/t44-,45-,49-,50-,51+,52+,53+,54+,55+,56-/m0/s1. The molecule has 3 saturated carbocycles. The lowest BCUT2D eigenvalue weighted by molar-refractivity contribution is -0.344. The van der Waals surface area contributed by atoms with Crippen molar-refractivity contribution in [3.8, 4) is 5.75 Å². The van der Waals surface area contributed by atoms with Crippen LogP contribution in [0.15, 0.2) is 66.7 Å². The van der Waals surface area contributed by atoms with Crippen molar-refractivity contribution in [2.24, 2.45) is 17.8 Å². The molecule has 398 valence electrons. The van der Waals surface area contributed by atoms with Crippen LogP contribution in [0.5, 0.6) is 5.75 Å². The van der Waals surface area contributed by atoms with Gasteiger partial charge in [0.15, 0.2) is 25.7 Å². The van der Waals surface area contributed by atoms with Gasteiger partial charge < -0.3 is 47.1 Å². The Morgan fingerprint density at radius 3 is 1.76 bits per heavy atom. The van der Waals surface area contributed by atoms with Crippen molar-refractivity contribution < 1.29 is 47.1 Å². The third kappa shape index (κ3) is 14.8. The molecule has 3 saturated heterocycles. The Morgan fingerprint density at radius 2 is 1.18 bits per heavy atom. The third-order valence-corrected chi connectivity index (χ3v) is 21.8. The zero-order valence-electron chi connectivity index (χ0n) is 45.6. The van der Waals surface area contributed by atoms with E-state index < -0.39 is 25.7 Å². The Bertz CT molecular complexity index is 1930. The fraction of sp³-hybridized carbons (Fsp3) is 0.767. The maximum atomic E-state index is 7.53. The van der Waals surface area contributed by atoms with Crippen molar-refractivity contribution in [1.29, 1.82) is 0 Å². The molecule has 0 N–H and O–H groups in total. The van der Waals surface area contributed by atoms with E-state index in [-0.39, 0.29) is 65.7 Å². The highest BCUT2D eigenvalue weighted by molar-refractivity contribution is 6.74. The van der Waals surface area contributed by atoms with E-state index in [0.717, 1.165) is 127 Å². The normalized spacial score (nSPS) is 29.3. The molecule has 6 aliphatic rings. The lowest BCUT2D eigenvalue weighted by Crippen LogP contribution is -2.53. The molecule has 71 heavy (non-hydrogen) atoms. The Hall–Kier alpha value is -2.16. The van der Waals surface area contributed by atoms with Crippen LogP contribution in [-0.2, 0) is 55.5 Å². The molecule has 0 bridgehead atoms. The van der Waals surface area contributed by atoms with Gasteiger partial charge in [-0.15, -0.1) is 0 Å². The highest BCUT2D eigenvalue weighted by atomic mass is 28.4. The molecular formula is C60H94O10Si. The molecule has 0 aromatic heterocycles. The summed E-state index contributed by atoms with van der Waals surface area (Å²) in [5, 5.41) is 0.0564. The van der Waals surface area contributed by atoms with Gasteiger partial charge in [0.05, 0.1) is 69.7 Å². The molecule has 2 aromatic rings. The van der Waals surface area contributed by atoms with Crippen molar-refractivity contribution in [1.82, 2.24) is 0 Å². The van der Waals surface area contributed by atoms with E-state index in [1.54, 1.807) is 7.11 Å². The van der Waals surface area contributed by atoms with Crippen molar-refractivity contribution in [2.75, 3.05) is 13.7 Å². The van der Waals surface area contributed by atoms with Gasteiger partial charge in [-0.1, -0.05) is 103 Å². The van der Waals surface area contributed by atoms with Crippen LogP contribution in [0.1, 0.15) is 175 Å². The van der Waals surface area contributed by atoms with Gasteiger partial charge in [-0.2, -0.15) is 0 Å². The molecule has 8 rings (SSSR count). The van der Waals surface area contributed by atoms with Gasteiger partial charge in [0.25, 0.3) is 0 Å². The summed E-state index contributed by atoms with van der Waals surface area (Å²) in [7, 11) is -0.495. The second kappa shape index (κ2) is 24.2. The molecule has 0 radical (unpaired) electrons. The van der Waals surface area contributed by atoms with Crippen LogP contribution < -0.4 is 4.74 Å². The van der Waals surface area contributed by atoms with Gasteiger partial charge >= 0.3 is 0 Å². The van der Waals surface area contributed by atoms with Gasteiger partial charge in [-0.3, -0.25) is 0 Å². The molecule has 10 nitrogen and oxygen atoms in total. The molecule has 0 unspecified atom stereocenters. The van der Waals surface area contributed by atoms with Gasteiger partial charge in [0.2, 0.25) is 0 Å². The second-order valence-corrected chi connectivity index (χ2v) is 29.4. The minimum atomic E-state index is -2.20. The Kier molecular flexibility index (Phi) is 18.8. The molecular weight excluding hydrogens is 909 g/mol. The summed E-state index contributed by atoms with van der Waals surface area (Å²) in [5.74, 6) is 0.0507. The smallest absolute Gasteiger partial charge is 0.192 e.